The average Bonchev–Trinajstić information content (AvgIpc) is 3.52. The van der Waals surface area contributed by atoms with Crippen molar-refractivity contribution in [2.45, 2.75) is 6.92 Å². The smallest absolute Gasteiger partial charge is 0.281 e. The standard InChI is InChI=1S/C25H21N5O3S2/c1-15-21(23(32)30(29(15)2)17-7-5-4-6-8-17)19-14-34-24(26-19)28-25-27-22(31)20(35-25)13-16-9-11-18(33-3)12-10-16/h4-14H,1-3H3,(H,26,27,28,31)/b20-13+. The molecule has 3 heterocycles. The van der Waals surface area contributed by atoms with Gasteiger partial charge >= 0.3 is 0 Å². The number of thiazole rings is 1. The molecule has 0 saturated carbocycles. The third-order valence-corrected chi connectivity index (χ3v) is 7.21. The molecule has 0 atom stereocenters. The number of amides is 1. The number of ether oxygens (including phenoxy) is 1. The Kier molecular flexibility index (Phi) is 6.14. The van der Waals surface area contributed by atoms with Crippen LogP contribution in [0.15, 0.2) is 74.7 Å². The summed E-state index contributed by atoms with van der Waals surface area (Å²) in [6, 6.07) is 16.9. The predicted octanol–water partition coefficient (Wildman–Crippen LogP) is 4.51. The van der Waals surface area contributed by atoms with Gasteiger partial charge < -0.3 is 10.1 Å². The van der Waals surface area contributed by atoms with E-state index < -0.39 is 0 Å². The van der Waals surface area contributed by atoms with Crippen molar-refractivity contribution in [1.82, 2.24) is 19.7 Å². The zero-order valence-corrected chi connectivity index (χ0v) is 20.8. The largest absolute Gasteiger partial charge is 0.497 e. The number of benzene rings is 2. The number of methoxy groups -OCH3 is 1. The number of para-hydroxylation sites is 1. The highest BCUT2D eigenvalue weighted by Crippen LogP contribution is 2.32. The molecule has 8 nitrogen and oxygen atoms in total. The van der Waals surface area contributed by atoms with Gasteiger partial charge in [-0.25, -0.2) is 9.67 Å². The van der Waals surface area contributed by atoms with Crippen molar-refractivity contribution in [1.29, 1.82) is 0 Å². The summed E-state index contributed by atoms with van der Waals surface area (Å²) in [4.78, 5) is 35.3. The van der Waals surface area contributed by atoms with E-state index in [0.29, 0.717) is 26.5 Å². The molecule has 1 fully saturated rings. The summed E-state index contributed by atoms with van der Waals surface area (Å²) in [5.41, 5.74) is 3.42. The maximum Gasteiger partial charge on any atom is 0.281 e. The topological polar surface area (TPSA) is 90.5 Å². The summed E-state index contributed by atoms with van der Waals surface area (Å²) in [6.07, 6.45) is 1.80. The first-order valence-electron chi connectivity index (χ1n) is 10.7. The van der Waals surface area contributed by atoms with E-state index >= 15 is 0 Å². The molecule has 0 radical (unpaired) electrons. The Bertz CT molecular complexity index is 1530. The van der Waals surface area contributed by atoms with Crippen LogP contribution in [0.1, 0.15) is 11.3 Å². The molecule has 0 spiro atoms. The van der Waals surface area contributed by atoms with Crippen LogP contribution in [0.5, 0.6) is 5.75 Å². The molecule has 1 N–H and O–H groups in total. The maximum atomic E-state index is 13.3. The third-order valence-electron chi connectivity index (χ3n) is 5.56. The average molecular weight is 504 g/mol. The number of carbonyl (C=O) groups is 1. The van der Waals surface area contributed by atoms with E-state index in [2.05, 4.69) is 15.3 Å². The highest BCUT2D eigenvalue weighted by Gasteiger charge is 2.25. The fourth-order valence-corrected chi connectivity index (χ4v) is 5.28. The summed E-state index contributed by atoms with van der Waals surface area (Å²) in [5.74, 6) is 0.535. The molecule has 10 heteroatoms. The van der Waals surface area contributed by atoms with Gasteiger partial charge in [-0.05, 0) is 54.6 Å². The van der Waals surface area contributed by atoms with Gasteiger partial charge in [0.15, 0.2) is 5.17 Å². The number of thioether (sulfide) groups is 1. The van der Waals surface area contributed by atoms with Crippen LogP contribution < -0.4 is 15.6 Å². The Morgan fingerprint density at radius 2 is 1.83 bits per heavy atom. The number of hydrogen-bond acceptors (Lipinski definition) is 7. The number of carbonyl (C=O) groups excluding carboxylic acids is 1. The predicted molar refractivity (Wildman–Crippen MR) is 141 cm³/mol. The third kappa shape index (κ3) is 4.45. The Labute approximate surface area is 209 Å². The van der Waals surface area contributed by atoms with Crippen LogP contribution in [0.4, 0.5) is 5.13 Å². The minimum atomic E-state index is -0.217. The molecule has 2 aromatic heterocycles. The Balaban J connectivity index is 1.41. The minimum Gasteiger partial charge on any atom is -0.497 e. The van der Waals surface area contributed by atoms with Gasteiger partial charge in [-0.2, -0.15) is 4.99 Å². The monoisotopic (exact) mass is 503 g/mol. The van der Waals surface area contributed by atoms with Crippen molar-refractivity contribution in [3.8, 4) is 22.7 Å². The van der Waals surface area contributed by atoms with Crippen LogP contribution in [0.25, 0.3) is 23.0 Å². The van der Waals surface area contributed by atoms with Gasteiger partial charge in [0.05, 0.1) is 29.0 Å². The Morgan fingerprint density at radius 3 is 2.54 bits per heavy atom. The minimum absolute atomic E-state index is 0.144. The van der Waals surface area contributed by atoms with E-state index in [1.165, 1.54) is 23.1 Å². The summed E-state index contributed by atoms with van der Waals surface area (Å²) in [7, 11) is 3.46. The Hall–Kier alpha value is -3.89. The second kappa shape index (κ2) is 9.40. The zero-order chi connectivity index (χ0) is 24.5. The van der Waals surface area contributed by atoms with Crippen LogP contribution in [0.2, 0.25) is 0 Å². The quantitative estimate of drug-likeness (QED) is 0.405. The molecule has 1 saturated heterocycles. The second-order valence-electron chi connectivity index (χ2n) is 7.71. The normalized spacial score (nSPS) is 15.7. The van der Waals surface area contributed by atoms with E-state index in [1.807, 2.05) is 78.6 Å². The number of aromatic nitrogens is 3. The number of nitrogens with one attached hydrogen (secondary N) is 1. The number of hydrogen-bond donors (Lipinski definition) is 1. The van der Waals surface area contributed by atoms with E-state index in [0.717, 1.165) is 22.7 Å². The van der Waals surface area contributed by atoms with Crippen molar-refractivity contribution in [2.24, 2.45) is 12.0 Å². The fraction of sp³-hybridized carbons (Fsp3) is 0.120. The molecule has 4 aromatic rings. The lowest BCUT2D eigenvalue weighted by atomic mass is 10.2. The van der Waals surface area contributed by atoms with Gasteiger partial charge in [0.1, 0.15) is 5.75 Å². The molecular formula is C25H21N5O3S2. The molecular weight excluding hydrogens is 482 g/mol. The lowest BCUT2D eigenvalue weighted by Crippen LogP contribution is -2.20. The van der Waals surface area contributed by atoms with Crippen LogP contribution in [-0.2, 0) is 11.8 Å². The highest BCUT2D eigenvalue weighted by molar-refractivity contribution is 8.18. The summed E-state index contributed by atoms with van der Waals surface area (Å²) in [5, 5.41) is 5.50. The van der Waals surface area contributed by atoms with Gasteiger partial charge in [0.2, 0.25) is 5.13 Å². The van der Waals surface area contributed by atoms with Gasteiger partial charge in [0.25, 0.3) is 11.5 Å². The number of nitrogens with zero attached hydrogens (tertiary/aromatic N) is 4. The SMILES string of the molecule is COc1ccc(/C=C2/S/C(=N/c3nc(-c4c(C)n(C)n(-c5ccccc5)c4=O)cs3)NC2=O)cc1. The lowest BCUT2D eigenvalue weighted by molar-refractivity contribution is -0.115. The van der Waals surface area contributed by atoms with Crippen LogP contribution >= 0.6 is 23.1 Å². The van der Waals surface area contributed by atoms with Gasteiger partial charge in [0, 0.05) is 18.1 Å². The van der Waals surface area contributed by atoms with Gasteiger partial charge in [-0.1, -0.05) is 30.3 Å². The van der Waals surface area contributed by atoms with Crippen molar-refractivity contribution in [3.05, 3.63) is 86.5 Å². The van der Waals surface area contributed by atoms with E-state index in [9.17, 15) is 9.59 Å². The number of amidine groups is 1. The Morgan fingerprint density at radius 1 is 1.09 bits per heavy atom. The van der Waals surface area contributed by atoms with Crippen LogP contribution in [0.3, 0.4) is 0 Å². The highest BCUT2D eigenvalue weighted by atomic mass is 32.2. The van der Waals surface area contributed by atoms with Crippen LogP contribution in [-0.4, -0.2) is 32.5 Å². The molecule has 176 valence electrons. The zero-order valence-electron chi connectivity index (χ0n) is 19.2. The summed E-state index contributed by atoms with van der Waals surface area (Å²) < 4.78 is 8.61. The molecule has 1 amide bonds. The molecule has 5 rings (SSSR count). The molecule has 2 aromatic carbocycles. The van der Waals surface area contributed by atoms with E-state index in [1.54, 1.807) is 17.9 Å². The summed E-state index contributed by atoms with van der Waals surface area (Å²) in [6.45, 7) is 1.89. The van der Waals surface area contributed by atoms with Gasteiger partial charge in [-0.15, -0.1) is 11.3 Å². The van der Waals surface area contributed by atoms with Crippen molar-refractivity contribution < 1.29 is 9.53 Å². The second-order valence-corrected chi connectivity index (χ2v) is 9.57. The molecule has 1 aliphatic heterocycles. The van der Waals surface area contributed by atoms with Crippen molar-refractivity contribution in [3.63, 3.8) is 0 Å². The van der Waals surface area contributed by atoms with Crippen LogP contribution in [0, 0.1) is 6.92 Å². The molecule has 1 aliphatic rings. The first-order valence-corrected chi connectivity index (χ1v) is 12.4. The number of rotatable bonds is 5. The van der Waals surface area contributed by atoms with Crippen molar-refractivity contribution >= 4 is 45.4 Å². The fourth-order valence-electron chi connectivity index (χ4n) is 3.71. The molecule has 0 unspecified atom stereocenters. The summed E-state index contributed by atoms with van der Waals surface area (Å²) >= 11 is 2.57. The number of aliphatic imine (C=N–C) groups is 1. The van der Waals surface area contributed by atoms with Crippen molar-refractivity contribution in [2.75, 3.05) is 7.11 Å². The first kappa shape index (κ1) is 22.9. The molecule has 0 bridgehead atoms. The van der Waals surface area contributed by atoms with E-state index in [-0.39, 0.29) is 11.5 Å². The maximum absolute atomic E-state index is 13.3. The molecule has 0 aliphatic carbocycles. The lowest BCUT2D eigenvalue weighted by Gasteiger charge is -2.07. The van der Waals surface area contributed by atoms with Gasteiger partial charge in [-0.3, -0.25) is 14.3 Å². The molecule has 35 heavy (non-hydrogen) atoms. The first-order chi connectivity index (χ1) is 16.9. The van der Waals surface area contributed by atoms with E-state index in [4.69, 9.17) is 4.74 Å².